The average Bonchev–Trinajstić information content (AvgIpc) is 3.42. The zero-order chi connectivity index (χ0) is 21.1. The molecule has 160 valence electrons. The van der Waals surface area contributed by atoms with E-state index in [2.05, 4.69) is 17.2 Å². The predicted octanol–water partition coefficient (Wildman–Crippen LogP) is 3.22. The quantitative estimate of drug-likeness (QED) is 0.749. The van der Waals surface area contributed by atoms with Crippen LogP contribution in [-0.4, -0.2) is 50.1 Å². The molecule has 3 heterocycles. The van der Waals surface area contributed by atoms with Crippen LogP contribution in [-0.2, 0) is 14.8 Å². The Kier molecular flexibility index (Phi) is 6.09. The molecule has 2 aliphatic rings. The van der Waals surface area contributed by atoms with E-state index in [1.807, 2.05) is 6.07 Å². The van der Waals surface area contributed by atoms with Crippen LogP contribution in [0.5, 0.6) is 0 Å². The van der Waals surface area contributed by atoms with Gasteiger partial charge in [0.2, 0.25) is 27.5 Å². The molecule has 4 rings (SSSR count). The highest BCUT2D eigenvalue weighted by Gasteiger charge is 2.28. The number of hydrogen-bond donors (Lipinski definition) is 1. The number of rotatable bonds is 6. The summed E-state index contributed by atoms with van der Waals surface area (Å²) in [6.45, 7) is 4.48. The van der Waals surface area contributed by atoms with Gasteiger partial charge in [0.05, 0.1) is 11.0 Å². The number of aromatic nitrogens is 1. The fourth-order valence-electron chi connectivity index (χ4n) is 3.93. The SMILES string of the molecule is C[C@@H]1CCCN(S(=O)(=O)c2ccc(-c3nc(C#N)c(NC[C@@H]4CCCO4)o3)cc2)C1. The zero-order valence-corrected chi connectivity index (χ0v) is 17.8. The van der Waals surface area contributed by atoms with Crippen LogP contribution < -0.4 is 5.32 Å². The lowest BCUT2D eigenvalue weighted by Crippen LogP contribution is -2.39. The average molecular weight is 431 g/mol. The third-order valence-electron chi connectivity index (χ3n) is 5.61. The van der Waals surface area contributed by atoms with Crippen LogP contribution in [0.15, 0.2) is 33.6 Å². The molecule has 1 N–H and O–H groups in total. The van der Waals surface area contributed by atoms with Gasteiger partial charge < -0.3 is 14.5 Å². The van der Waals surface area contributed by atoms with E-state index in [4.69, 9.17) is 9.15 Å². The lowest BCUT2D eigenvalue weighted by atomic mass is 10.0. The number of nitrogens with one attached hydrogen (secondary N) is 1. The molecular formula is C21H26N4O4S. The van der Waals surface area contributed by atoms with Crippen molar-refractivity contribution in [2.24, 2.45) is 5.92 Å². The minimum atomic E-state index is -3.52. The van der Waals surface area contributed by atoms with Crippen molar-refractivity contribution in [1.82, 2.24) is 9.29 Å². The Morgan fingerprint density at radius 1 is 1.27 bits per heavy atom. The van der Waals surface area contributed by atoms with E-state index in [9.17, 15) is 13.7 Å². The highest BCUT2D eigenvalue weighted by atomic mass is 32.2. The maximum absolute atomic E-state index is 12.9. The highest BCUT2D eigenvalue weighted by molar-refractivity contribution is 7.89. The molecule has 0 saturated carbocycles. The summed E-state index contributed by atoms with van der Waals surface area (Å²) in [5, 5.41) is 12.5. The van der Waals surface area contributed by atoms with Gasteiger partial charge in [-0.2, -0.15) is 14.6 Å². The first-order valence-corrected chi connectivity index (χ1v) is 11.8. The Balaban J connectivity index is 1.50. The van der Waals surface area contributed by atoms with Crippen LogP contribution in [0.4, 0.5) is 5.88 Å². The van der Waals surface area contributed by atoms with Crippen LogP contribution in [0.3, 0.4) is 0 Å². The number of piperidine rings is 1. The summed E-state index contributed by atoms with van der Waals surface area (Å²) in [6, 6.07) is 8.50. The molecule has 0 aliphatic carbocycles. The molecule has 1 aromatic carbocycles. The van der Waals surface area contributed by atoms with E-state index in [1.165, 1.54) is 0 Å². The molecule has 2 aromatic rings. The van der Waals surface area contributed by atoms with E-state index in [0.717, 1.165) is 32.3 Å². The zero-order valence-electron chi connectivity index (χ0n) is 17.0. The van der Waals surface area contributed by atoms with Gasteiger partial charge in [-0.15, -0.1) is 0 Å². The highest BCUT2D eigenvalue weighted by Crippen LogP contribution is 2.28. The molecule has 30 heavy (non-hydrogen) atoms. The normalized spacial score (nSPS) is 22.7. The monoisotopic (exact) mass is 430 g/mol. The van der Waals surface area contributed by atoms with Gasteiger partial charge in [0, 0.05) is 31.8 Å². The Morgan fingerprint density at radius 3 is 2.73 bits per heavy atom. The minimum Gasteiger partial charge on any atom is -0.419 e. The number of nitriles is 1. The van der Waals surface area contributed by atoms with Crippen molar-refractivity contribution >= 4 is 15.9 Å². The summed E-state index contributed by atoms with van der Waals surface area (Å²) < 4.78 is 38.7. The van der Waals surface area contributed by atoms with Crippen molar-refractivity contribution in [2.75, 3.05) is 31.6 Å². The molecule has 8 nitrogen and oxygen atoms in total. The van der Waals surface area contributed by atoms with Gasteiger partial charge in [0.1, 0.15) is 6.07 Å². The number of oxazole rings is 1. The summed E-state index contributed by atoms with van der Waals surface area (Å²) >= 11 is 0. The van der Waals surface area contributed by atoms with Gasteiger partial charge in [-0.1, -0.05) is 6.92 Å². The molecule has 2 aliphatic heterocycles. The molecule has 2 atom stereocenters. The third kappa shape index (κ3) is 4.36. The molecule has 1 aromatic heterocycles. The summed E-state index contributed by atoms with van der Waals surface area (Å²) in [6.07, 6.45) is 4.05. The Bertz CT molecular complexity index is 1020. The topological polar surface area (TPSA) is 108 Å². The van der Waals surface area contributed by atoms with E-state index in [-0.39, 0.29) is 22.6 Å². The summed E-state index contributed by atoms with van der Waals surface area (Å²) in [7, 11) is -3.52. The second kappa shape index (κ2) is 8.76. The van der Waals surface area contributed by atoms with Gasteiger partial charge >= 0.3 is 0 Å². The van der Waals surface area contributed by atoms with Crippen LogP contribution in [0.1, 0.15) is 38.3 Å². The van der Waals surface area contributed by atoms with E-state index in [0.29, 0.717) is 37.0 Å². The van der Waals surface area contributed by atoms with E-state index in [1.54, 1.807) is 28.6 Å². The first-order chi connectivity index (χ1) is 14.5. The fraction of sp³-hybridized carbons (Fsp3) is 0.524. The summed E-state index contributed by atoms with van der Waals surface area (Å²) in [5.41, 5.74) is 0.782. The first kappa shape index (κ1) is 20.8. The van der Waals surface area contributed by atoms with Crippen LogP contribution in [0, 0.1) is 17.2 Å². The fourth-order valence-corrected chi connectivity index (χ4v) is 5.53. The van der Waals surface area contributed by atoms with Crippen molar-refractivity contribution in [3.05, 3.63) is 30.0 Å². The number of hydrogen-bond acceptors (Lipinski definition) is 7. The largest absolute Gasteiger partial charge is 0.419 e. The van der Waals surface area contributed by atoms with E-state index < -0.39 is 10.0 Å². The number of anilines is 1. The molecule has 2 saturated heterocycles. The van der Waals surface area contributed by atoms with Gasteiger partial charge in [-0.25, -0.2) is 8.42 Å². The second-order valence-electron chi connectivity index (χ2n) is 7.96. The van der Waals surface area contributed by atoms with E-state index >= 15 is 0 Å². The van der Waals surface area contributed by atoms with Crippen molar-refractivity contribution in [1.29, 1.82) is 5.26 Å². The molecule has 9 heteroatoms. The third-order valence-corrected chi connectivity index (χ3v) is 7.49. The molecule has 0 spiro atoms. The standard InChI is InChI=1S/C21H26N4O4S/c1-15-4-2-10-25(14-15)30(26,27)18-8-6-16(7-9-18)20-24-19(12-22)21(29-20)23-13-17-5-3-11-28-17/h6-9,15,17,23H,2-5,10-11,13-14H2,1H3/t15-,17+/m1/s1. The molecule has 0 bridgehead atoms. The maximum Gasteiger partial charge on any atom is 0.243 e. The Labute approximate surface area is 176 Å². The van der Waals surface area contributed by atoms with Crippen molar-refractivity contribution in [2.45, 2.75) is 43.6 Å². The lowest BCUT2D eigenvalue weighted by Gasteiger charge is -2.30. The van der Waals surface area contributed by atoms with Gasteiger partial charge in [0.25, 0.3) is 0 Å². The first-order valence-electron chi connectivity index (χ1n) is 10.3. The summed E-state index contributed by atoms with van der Waals surface area (Å²) in [4.78, 5) is 4.50. The van der Waals surface area contributed by atoms with Gasteiger partial charge in [-0.3, -0.25) is 0 Å². The van der Waals surface area contributed by atoms with Crippen molar-refractivity contribution in [3.63, 3.8) is 0 Å². The number of nitrogens with zero attached hydrogens (tertiary/aromatic N) is 3. The van der Waals surface area contributed by atoms with Crippen LogP contribution >= 0.6 is 0 Å². The predicted molar refractivity (Wildman–Crippen MR) is 111 cm³/mol. The van der Waals surface area contributed by atoms with Crippen molar-refractivity contribution < 1.29 is 17.6 Å². The Hall–Kier alpha value is -2.41. The summed E-state index contributed by atoms with van der Waals surface area (Å²) in [5.74, 6) is 0.948. The van der Waals surface area contributed by atoms with Crippen molar-refractivity contribution in [3.8, 4) is 17.5 Å². The van der Waals surface area contributed by atoms with Gasteiger partial charge in [0.15, 0.2) is 0 Å². The smallest absolute Gasteiger partial charge is 0.243 e. The molecule has 2 fully saturated rings. The van der Waals surface area contributed by atoms with Gasteiger partial charge in [-0.05, 0) is 55.9 Å². The molecule has 0 amide bonds. The number of ether oxygens (including phenoxy) is 1. The molecular weight excluding hydrogens is 404 g/mol. The maximum atomic E-state index is 12.9. The minimum absolute atomic E-state index is 0.104. The lowest BCUT2D eigenvalue weighted by molar-refractivity contribution is 0.120. The van der Waals surface area contributed by atoms with Crippen LogP contribution in [0.2, 0.25) is 0 Å². The molecule has 0 unspecified atom stereocenters. The van der Waals surface area contributed by atoms with Crippen LogP contribution in [0.25, 0.3) is 11.5 Å². The second-order valence-corrected chi connectivity index (χ2v) is 9.90. The molecule has 0 radical (unpaired) electrons. The number of sulfonamides is 1. The Morgan fingerprint density at radius 2 is 2.07 bits per heavy atom. The number of benzene rings is 1.